The maximum atomic E-state index is 12.9. The van der Waals surface area contributed by atoms with Crippen LogP contribution in [-0.2, 0) is 4.79 Å². The standard InChI is InChI=1S/C21H25N3O2/c25-18-8-6-15(7-9-18)16-10-12-24(13-11-16)21(26)20-14-19(22-23-20)17-4-2-1-3-5-17/h1-9,16,19-20,22-23,25H,10-14H2. The summed E-state index contributed by atoms with van der Waals surface area (Å²) in [5.74, 6) is 0.959. The first-order chi connectivity index (χ1) is 12.7. The molecule has 5 heteroatoms. The summed E-state index contributed by atoms with van der Waals surface area (Å²) in [6, 6.07) is 17.7. The van der Waals surface area contributed by atoms with Crippen LogP contribution < -0.4 is 10.9 Å². The molecule has 4 rings (SSSR count). The lowest BCUT2D eigenvalue weighted by Crippen LogP contribution is -2.48. The molecule has 3 N–H and O–H groups in total. The topological polar surface area (TPSA) is 64.6 Å². The Hall–Kier alpha value is -2.37. The van der Waals surface area contributed by atoms with E-state index in [1.54, 1.807) is 12.1 Å². The Bertz CT molecular complexity index is 740. The number of nitrogens with zero attached hydrogens (tertiary/aromatic N) is 1. The van der Waals surface area contributed by atoms with Gasteiger partial charge in [-0.2, -0.15) is 0 Å². The van der Waals surface area contributed by atoms with Gasteiger partial charge in [-0.3, -0.25) is 4.79 Å². The van der Waals surface area contributed by atoms with E-state index in [2.05, 4.69) is 23.0 Å². The SMILES string of the molecule is O=C(C1CC(c2ccccc2)NN1)N1CCC(c2ccc(O)cc2)CC1. The number of amides is 1. The normalized spacial score (nSPS) is 23.9. The minimum atomic E-state index is -0.162. The third-order valence-electron chi connectivity index (χ3n) is 5.57. The summed E-state index contributed by atoms with van der Waals surface area (Å²) in [6.07, 6.45) is 2.72. The summed E-state index contributed by atoms with van der Waals surface area (Å²) in [5, 5.41) is 9.43. The molecule has 2 fully saturated rings. The van der Waals surface area contributed by atoms with E-state index in [0.717, 1.165) is 32.4 Å². The quantitative estimate of drug-likeness (QED) is 0.796. The maximum Gasteiger partial charge on any atom is 0.241 e. The van der Waals surface area contributed by atoms with Crippen molar-refractivity contribution in [2.45, 2.75) is 37.3 Å². The lowest BCUT2D eigenvalue weighted by Gasteiger charge is -2.33. The van der Waals surface area contributed by atoms with E-state index in [1.165, 1.54) is 11.1 Å². The number of carbonyl (C=O) groups is 1. The summed E-state index contributed by atoms with van der Waals surface area (Å²) in [4.78, 5) is 14.8. The first-order valence-corrected chi connectivity index (χ1v) is 9.34. The molecule has 2 aromatic rings. The molecular formula is C21H25N3O2. The van der Waals surface area contributed by atoms with Crippen molar-refractivity contribution in [2.24, 2.45) is 0 Å². The average molecular weight is 351 g/mol. The predicted octanol–water partition coefficient (Wildman–Crippen LogP) is 2.71. The molecule has 2 heterocycles. The first kappa shape index (κ1) is 17.1. The highest BCUT2D eigenvalue weighted by Gasteiger charge is 2.34. The van der Waals surface area contributed by atoms with Gasteiger partial charge in [0.1, 0.15) is 11.8 Å². The Morgan fingerprint density at radius 1 is 0.923 bits per heavy atom. The molecule has 5 nitrogen and oxygen atoms in total. The molecule has 2 aromatic carbocycles. The lowest BCUT2D eigenvalue weighted by atomic mass is 9.89. The minimum absolute atomic E-state index is 0.162. The van der Waals surface area contributed by atoms with Gasteiger partial charge in [0.05, 0.1) is 0 Å². The van der Waals surface area contributed by atoms with Gasteiger partial charge in [0.2, 0.25) is 5.91 Å². The number of rotatable bonds is 3. The third kappa shape index (κ3) is 3.59. The molecule has 0 aromatic heterocycles. The number of hydrazine groups is 1. The van der Waals surface area contributed by atoms with Crippen LogP contribution in [0.5, 0.6) is 5.75 Å². The van der Waals surface area contributed by atoms with Crippen LogP contribution in [0.4, 0.5) is 0 Å². The second kappa shape index (κ2) is 7.48. The molecular weight excluding hydrogens is 326 g/mol. The van der Waals surface area contributed by atoms with Crippen molar-refractivity contribution in [2.75, 3.05) is 13.1 Å². The fourth-order valence-corrected chi connectivity index (χ4v) is 4.02. The number of nitrogens with one attached hydrogen (secondary N) is 2. The van der Waals surface area contributed by atoms with Crippen LogP contribution in [0.1, 0.15) is 42.3 Å². The van der Waals surface area contributed by atoms with Crippen molar-refractivity contribution in [3.8, 4) is 5.75 Å². The number of piperidine rings is 1. The van der Waals surface area contributed by atoms with Gasteiger partial charge in [-0.25, -0.2) is 10.9 Å². The zero-order valence-corrected chi connectivity index (χ0v) is 14.8. The van der Waals surface area contributed by atoms with Crippen molar-refractivity contribution in [3.63, 3.8) is 0 Å². The van der Waals surface area contributed by atoms with Crippen molar-refractivity contribution < 1.29 is 9.90 Å². The number of aromatic hydroxyl groups is 1. The molecule has 2 atom stereocenters. The van der Waals surface area contributed by atoms with Crippen molar-refractivity contribution in [3.05, 3.63) is 65.7 Å². The van der Waals surface area contributed by atoms with Gasteiger partial charge in [-0.15, -0.1) is 0 Å². The molecule has 0 bridgehead atoms. The highest BCUT2D eigenvalue weighted by molar-refractivity contribution is 5.82. The number of phenolic OH excluding ortho intramolecular Hbond substituents is 1. The van der Waals surface area contributed by atoms with E-state index in [0.29, 0.717) is 11.7 Å². The van der Waals surface area contributed by atoms with Crippen LogP contribution in [-0.4, -0.2) is 35.0 Å². The highest BCUT2D eigenvalue weighted by Crippen LogP contribution is 2.30. The van der Waals surface area contributed by atoms with E-state index in [1.807, 2.05) is 35.2 Å². The number of likely N-dealkylation sites (tertiary alicyclic amines) is 1. The van der Waals surface area contributed by atoms with Crippen molar-refractivity contribution in [1.82, 2.24) is 15.8 Å². The largest absolute Gasteiger partial charge is 0.508 e. The van der Waals surface area contributed by atoms with E-state index in [9.17, 15) is 9.90 Å². The number of hydrogen-bond donors (Lipinski definition) is 3. The third-order valence-corrected chi connectivity index (χ3v) is 5.57. The van der Waals surface area contributed by atoms with Crippen LogP contribution in [0, 0.1) is 0 Å². The van der Waals surface area contributed by atoms with E-state index in [4.69, 9.17) is 0 Å². The molecule has 0 spiro atoms. The number of hydrogen-bond acceptors (Lipinski definition) is 4. The van der Waals surface area contributed by atoms with Crippen molar-refractivity contribution in [1.29, 1.82) is 0 Å². The molecule has 2 aliphatic rings. The van der Waals surface area contributed by atoms with Crippen LogP contribution in [0.25, 0.3) is 0 Å². The Labute approximate surface area is 154 Å². The number of carbonyl (C=O) groups excluding carboxylic acids is 1. The number of benzene rings is 2. The Balaban J connectivity index is 1.32. The summed E-state index contributed by atoms with van der Waals surface area (Å²) in [7, 11) is 0. The minimum Gasteiger partial charge on any atom is -0.508 e. The highest BCUT2D eigenvalue weighted by atomic mass is 16.3. The van der Waals surface area contributed by atoms with Crippen LogP contribution in [0.3, 0.4) is 0 Å². The maximum absolute atomic E-state index is 12.9. The summed E-state index contributed by atoms with van der Waals surface area (Å²) in [5.41, 5.74) is 8.90. The summed E-state index contributed by atoms with van der Waals surface area (Å²) < 4.78 is 0. The summed E-state index contributed by atoms with van der Waals surface area (Å²) in [6.45, 7) is 1.58. The monoisotopic (exact) mass is 351 g/mol. The molecule has 2 unspecified atom stereocenters. The van der Waals surface area contributed by atoms with Crippen LogP contribution in [0.2, 0.25) is 0 Å². The molecule has 26 heavy (non-hydrogen) atoms. The van der Waals surface area contributed by atoms with Crippen molar-refractivity contribution >= 4 is 5.91 Å². The Morgan fingerprint density at radius 3 is 2.31 bits per heavy atom. The molecule has 0 radical (unpaired) electrons. The molecule has 2 aliphatic heterocycles. The zero-order valence-electron chi connectivity index (χ0n) is 14.8. The van der Waals surface area contributed by atoms with E-state index in [-0.39, 0.29) is 18.0 Å². The molecule has 136 valence electrons. The van der Waals surface area contributed by atoms with Gasteiger partial charge in [0.15, 0.2) is 0 Å². The first-order valence-electron chi connectivity index (χ1n) is 9.34. The second-order valence-electron chi connectivity index (χ2n) is 7.23. The fourth-order valence-electron chi connectivity index (χ4n) is 4.02. The zero-order chi connectivity index (χ0) is 17.9. The number of phenols is 1. The molecule has 0 aliphatic carbocycles. The Morgan fingerprint density at radius 2 is 1.62 bits per heavy atom. The van der Waals surface area contributed by atoms with E-state index < -0.39 is 0 Å². The Kier molecular flexibility index (Phi) is 4.91. The lowest BCUT2D eigenvalue weighted by molar-refractivity contribution is -0.134. The van der Waals surface area contributed by atoms with Gasteiger partial charge < -0.3 is 10.0 Å². The van der Waals surface area contributed by atoms with Gasteiger partial charge in [-0.1, -0.05) is 42.5 Å². The molecule has 2 saturated heterocycles. The van der Waals surface area contributed by atoms with Gasteiger partial charge in [0.25, 0.3) is 0 Å². The predicted molar refractivity (Wildman–Crippen MR) is 101 cm³/mol. The van der Waals surface area contributed by atoms with Crippen LogP contribution in [0.15, 0.2) is 54.6 Å². The fraction of sp³-hybridized carbons (Fsp3) is 0.381. The van der Waals surface area contributed by atoms with E-state index >= 15 is 0 Å². The average Bonchev–Trinajstić information content (AvgIpc) is 3.19. The smallest absolute Gasteiger partial charge is 0.241 e. The second-order valence-corrected chi connectivity index (χ2v) is 7.23. The summed E-state index contributed by atoms with van der Waals surface area (Å²) >= 11 is 0. The molecule has 1 amide bonds. The van der Waals surface area contributed by atoms with Gasteiger partial charge in [-0.05, 0) is 48.4 Å². The van der Waals surface area contributed by atoms with Gasteiger partial charge in [0, 0.05) is 19.1 Å². The van der Waals surface area contributed by atoms with Gasteiger partial charge >= 0.3 is 0 Å². The molecule has 0 saturated carbocycles. The van der Waals surface area contributed by atoms with Crippen LogP contribution >= 0.6 is 0 Å².